The zero-order valence-electron chi connectivity index (χ0n) is 16.2. The highest BCUT2D eigenvalue weighted by Gasteiger charge is 2.34. The molecule has 29 heavy (non-hydrogen) atoms. The van der Waals surface area contributed by atoms with Crippen LogP contribution >= 0.6 is 0 Å². The first kappa shape index (κ1) is 21.5. The van der Waals surface area contributed by atoms with Crippen LogP contribution in [0.25, 0.3) is 0 Å². The summed E-state index contributed by atoms with van der Waals surface area (Å²) in [5.41, 5.74) is -1.09. The zero-order chi connectivity index (χ0) is 20.9. The maximum Gasteiger partial charge on any atom is 0.418 e. The van der Waals surface area contributed by atoms with Crippen LogP contribution in [0, 0.1) is 0 Å². The average Bonchev–Trinajstić information content (AvgIpc) is 2.69. The molecule has 0 aliphatic carbocycles. The molecule has 0 saturated carbocycles. The summed E-state index contributed by atoms with van der Waals surface area (Å²) in [4.78, 5) is 28.7. The third kappa shape index (κ3) is 6.15. The van der Waals surface area contributed by atoms with Crippen molar-refractivity contribution in [3.8, 4) is 0 Å². The van der Waals surface area contributed by atoms with Gasteiger partial charge in [-0.2, -0.15) is 13.2 Å². The summed E-state index contributed by atoms with van der Waals surface area (Å²) < 4.78 is 44.4. The van der Waals surface area contributed by atoms with Gasteiger partial charge < -0.3 is 24.8 Å². The summed E-state index contributed by atoms with van der Waals surface area (Å²) in [6, 6.07) is 4.95. The number of carbonyl (C=O) groups excluding carboxylic acids is 2. The lowest BCUT2D eigenvalue weighted by Crippen LogP contribution is -3.16. The Bertz CT molecular complexity index is 715. The second-order valence-corrected chi connectivity index (χ2v) is 7.44. The van der Waals surface area contributed by atoms with E-state index >= 15 is 0 Å². The molecular formula is C19H27F3N4O3+2. The van der Waals surface area contributed by atoms with Gasteiger partial charge in [-0.05, 0) is 12.1 Å². The second-order valence-electron chi connectivity index (χ2n) is 7.44. The Balaban J connectivity index is 1.45. The highest BCUT2D eigenvalue weighted by atomic mass is 19.4. The summed E-state index contributed by atoms with van der Waals surface area (Å²) in [6.07, 6.45) is -4.52. The van der Waals surface area contributed by atoms with Crippen LogP contribution < -0.4 is 15.1 Å². The Morgan fingerprint density at radius 1 is 1.00 bits per heavy atom. The fraction of sp³-hybridized carbons (Fsp3) is 0.579. The molecule has 2 aliphatic heterocycles. The maximum absolute atomic E-state index is 13.0. The van der Waals surface area contributed by atoms with E-state index in [1.807, 2.05) is 4.90 Å². The van der Waals surface area contributed by atoms with Gasteiger partial charge in [0.15, 0.2) is 13.1 Å². The van der Waals surface area contributed by atoms with E-state index in [2.05, 4.69) is 5.32 Å². The number of anilines is 1. The number of amides is 2. The Hall–Kier alpha value is -2.17. The number of ether oxygens (including phenoxy) is 1. The molecule has 3 rings (SSSR count). The van der Waals surface area contributed by atoms with Gasteiger partial charge in [0.25, 0.3) is 11.8 Å². The van der Waals surface area contributed by atoms with E-state index in [4.69, 9.17) is 4.74 Å². The molecule has 0 bridgehead atoms. The van der Waals surface area contributed by atoms with Gasteiger partial charge in [0, 0.05) is 0 Å². The maximum atomic E-state index is 13.0. The van der Waals surface area contributed by atoms with Gasteiger partial charge in [-0.15, -0.1) is 0 Å². The lowest BCUT2D eigenvalue weighted by Gasteiger charge is -2.33. The number of benzene rings is 1. The van der Waals surface area contributed by atoms with Crippen molar-refractivity contribution in [3.63, 3.8) is 0 Å². The van der Waals surface area contributed by atoms with E-state index in [0.717, 1.165) is 24.1 Å². The average molecular weight is 416 g/mol. The minimum atomic E-state index is -4.52. The van der Waals surface area contributed by atoms with E-state index in [9.17, 15) is 22.8 Å². The molecule has 1 aromatic carbocycles. The van der Waals surface area contributed by atoms with Crippen LogP contribution in [0.1, 0.15) is 5.56 Å². The number of carbonyl (C=O) groups is 2. The molecule has 0 spiro atoms. The van der Waals surface area contributed by atoms with Gasteiger partial charge in [-0.1, -0.05) is 12.1 Å². The smallest absolute Gasteiger partial charge is 0.370 e. The lowest BCUT2D eigenvalue weighted by molar-refractivity contribution is -0.902. The number of alkyl halides is 3. The Morgan fingerprint density at radius 2 is 1.62 bits per heavy atom. The van der Waals surface area contributed by atoms with Crippen LogP contribution in [0.3, 0.4) is 0 Å². The van der Waals surface area contributed by atoms with Crippen molar-refractivity contribution in [2.45, 2.75) is 6.18 Å². The summed E-state index contributed by atoms with van der Waals surface area (Å²) >= 11 is 0. The van der Waals surface area contributed by atoms with Gasteiger partial charge in [0.05, 0.1) is 50.6 Å². The van der Waals surface area contributed by atoms with Crippen molar-refractivity contribution in [1.29, 1.82) is 0 Å². The van der Waals surface area contributed by atoms with E-state index < -0.39 is 17.6 Å². The molecule has 2 saturated heterocycles. The van der Waals surface area contributed by atoms with E-state index in [-0.39, 0.29) is 18.1 Å². The largest absolute Gasteiger partial charge is 0.418 e. The number of nitrogens with zero attached hydrogens (tertiary/aromatic N) is 1. The van der Waals surface area contributed by atoms with Gasteiger partial charge in [-0.25, -0.2) is 0 Å². The molecule has 7 nitrogen and oxygen atoms in total. The SMILES string of the molecule is O=C(C[NH+]1CCN(C(=O)C[NH+]2CCOCC2)CC1)Nc1ccccc1C(F)(F)F. The van der Waals surface area contributed by atoms with E-state index in [0.29, 0.717) is 45.9 Å². The number of nitrogens with one attached hydrogen (secondary N) is 3. The first-order valence-electron chi connectivity index (χ1n) is 9.81. The molecule has 2 amide bonds. The van der Waals surface area contributed by atoms with Crippen molar-refractivity contribution >= 4 is 17.5 Å². The highest BCUT2D eigenvalue weighted by molar-refractivity contribution is 5.92. The molecule has 160 valence electrons. The number of piperazine rings is 1. The summed E-state index contributed by atoms with van der Waals surface area (Å²) in [7, 11) is 0. The molecule has 2 heterocycles. The van der Waals surface area contributed by atoms with Crippen molar-refractivity contribution in [2.75, 3.05) is 70.9 Å². The zero-order valence-corrected chi connectivity index (χ0v) is 16.2. The fourth-order valence-corrected chi connectivity index (χ4v) is 3.67. The Kier molecular flexibility index (Phi) is 7.09. The van der Waals surface area contributed by atoms with Gasteiger partial charge in [-0.3, -0.25) is 9.59 Å². The fourth-order valence-electron chi connectivity index (χ4n) is 3.67. The monoisotopic (exact) mass is 416 g/mol. The van der Waals surface area contributed by atoms with Crippen molar-refractivity contribution in [3.05, 3.63) is 29.8 Å². The first-order chi connectivity index (χ1) is 13.8. The Morgan fingerprint density at radius 3 is 2.28 bits per heavy atom. The highest BCUT2D eigenvalue weighted by Crippen LogP contribution is 2.34. The molecule has 2 fully saturated rings. The third-order valence-corrected chi connectivity index (χ3v) is 5.34. The van der Waals surface area contributed by atoms with Gasteiger partial charge >= 0.3 is 6.18 Å². The van der Waals surface area contributed by atoms with E-state index in [1.165, 1.54) is 23.1 Å². The first-order valence-corrected chi connectivity index (χ1v) is 9.81. The van der Waals surface area contributed by atoms with Gasteiger partial charge in [0.1, 0.15) is 13.1 Å². The molecule has 0 atom stereocenters. The predicted molar refractivity (Wildman–Crippen MR) is 98.6 cm³/mol. The number of morpholine rings is 1. The van der Waals surface area contributed by atoms with Crippen molar-refractivity contribution < 1.29 is 37.3 Å². The molecule has 0 unspecified atom stereocenters. The molecule has 0 radical (unpaired) electrons. The quantitative estimate of drug-likeness (QED) is 0.536. The predicted octanol–water partition coefficient (Wildman–Crippen LogP) is -1.71. The van der Waals surface area contributed by atoms with Crippen LogP contribution in [-0.2, 0) is 20.5 Å². The van der Waals surface area contributed by atoms with Crippen molar-refractivity contribution in [1.82, 2.24) is 4.90 Å². The molecule has 3 N–H and O–H groups in total. The molecule has 0 aromatic heterocycles. The van der Waals surface area contributed by atoms with Gasteiger partial charge in [0.2, 0.25) is 0 Å². The number of rotatable bonds is 5. The summed E-state index contributed by atoms with van der Waals surface area (Å²) in [6.45, 7) is 5.81. The van der Waals surface area contributed by atoms with Crippen LogP contribution in [0.15, 0.2) is 24.3 Å². The molecular weight excluding hydrogens is 389 g/mol. The minimum absolute atomic E-state index is 0.0724. The number of hydrogen-bond donors (Lipinski definition) is 3. The Labute approximate surface area is 167 Å². The van der Waals surface area contributed by atoms with Crippen LogP contribution in [0.4, 0.5) is 18.9 Å². The summed E-state index contributed by atoms with van der Waals surface area (Å²) in [5, 5.41) is 2.38. The van der Waals surface area contributed by atoms with Crippen LogP contribution in [0.2, 0.25) is 0 Å². The number of para-hydroxylation sites is 1. The number of hydrogen-bond acceptors (Lipinski definition) is 3. The number of halogens is 3. The molecule has 2 aliphatic rings. The van der Waals surface area contributed by atoms with Crippen LogP contribution in [-0.4, -0.2) is 82.3 Å². The minimum Gasteiger partial charge on any atom is -0.370 e. The molecule has 1 aromatic rings. The van der Waals surface area contributed by atoms with E-state index in [1.54, 1.807) is 0 Å². The summed E-state index contributed by atoms with van der Waals surface area (Å²) in [5.74, 6) is -0.362. The van der Waals surface area contributed by atoms with Crippen LogP contribution in [0.5, 0.6) is 0 Å². The second kappa shape index (κ2) is 9.55. The lowest BCUT2D eigenvalue weighted by atomic mass is 10.1. The standard InChI is InChI=1S/C19H25F3N4O3/c20-19(21,22)15-3-1-2-4-16(15)23-17(27)13-24-5-7-26(8-6-24)18(28)14-25-9-11-29-12-10-25/h1-4H,5-14H2,(H,23,27)/p+2. The normalized spacial score (nSPS) is 19.2. The molecule has 10 heteroatoms. The van der Waals surface area contributed by atoms with Crippen molar-refractivity contribution in [2.24, 2.45) is 0 Å². The topological polar surface area (TPSA) is 67.5 Å². The third-order valence-electron chi connectivity index (χ3n) is 5.34. The number of quaternary nitrogens is 2.